The number of esters is 1. The SMILES string of the molecule is CCOC(=O)C(CC)Sc1ncco1. The molecule has 1 atom stereocenters. The maximum absolute atomic E-state index is 11.4. The van der Waals surface area contributed by atoms with E-state index in [-0.39, 0.29) is 11.2 Å². The van der Waals surface area contributed by atoms with Gasteiger partial charge in [-0.2, -0.15) is 0 Å². The summed E-state index contributed by atoms with van der Waals surface area (Å²) in [5, 5.41) is 0.276. The van der Waals surface area contributed by atoms with Gasteiger partial charge in [-0.05, 0) is 13.3 Å². The third kappa shape index (κ3) is 3.06. The molecule has 0 fully saturated rings. The van der Waals surface area contributed by atoms with Crippen LogP contribution in [-0.4, -0.2) is 22.8 Å². The summed E-state index contributed by atoms with van der Waals surface area (Å²) in [4.78, 5) is 15.3. The molecule has 0 aromatic carbocycles. The molecule has 4 nitrogen and oxygen atoms in total. The second kappa shape index (κ2) is 5.70. The number of carbonyl (C=O) groups excluding carboxylic acids is 1. The zero-order chi connectivity index (χ0) is 10.4. The van der Waals surface area contributed by atoms with Crippen LogP contribution in [0.2, 0.25) is 0 Å². The monoisotopic (exact) mass is 215 g/mol. The van der Waals surface area contributed by atoms with Crippen molar-refractivity contribution in [3.8, 4) is 0 Å². The van der Waals surface area contributed by atoms with Gasteiger partial charge in [-0.25, -0.2) is 4.98 Å². The number of oxazole rings is 1. The van der Waals surface area contributed by atoms with Gasteiger partial charge in [0, 0.05) is 0 Å². The van der Waals surface area contributed by atoms with E-state index in [2.05, 4.69) is 4.98 Å². The summed E-state index contributed by atoms with van der Waals surface area (Å²) in [6.07, 6.45) is 3.74. The molecule has 0 aliphatic heterocycles. The summed E-state index contributed by atoms with van der Waals surface area (Å²) in [5.41, 5.74) is 0. The van der Waals surface area contributed by atoms with Crippen LogP contribution >= 0.6 is 11.8 Å². The molecule has 0 radical (unpaired) electrons. The Balaban J connectivity index is 2.50. The number of carbonyl (C=O) groups is 1. The summed E-state index contributed by atoms with van der Waals surface area (Å²) in [5.74, 6) is -0.210. The number of hydrogen-bond donors (Lipinski definition) is 0. The van der Waals surface area contributed by atoms with Gasteiger partial charge in [0.05, 0.1) is 12.8 Å². The molecule has 1 aromatic rings. The Labute approximate surface area is 87.0 Å². The fourth-order valence-corrected chi connectivity index (χ4v) is 1.73. The van der Waals surface area contributed by atoms with Gasteiger partial charge in [0.15, 0.2) is 0 Å². The number of nitrogens with zero attached hydrogens (tertiary/aromatic N) is 1. The van der Waals surface area contributed by atoms with Gasteiger partial charge in [-0.3, -0.25) is 4.79 Å². The minimum Gasteiger partial charge on any atom is -0.465 e. The molecule has 0 saturated heterocycles. The summed E-state index contributed by atoms with van der Waals surface area (Å²) in [6, 6.07) is 0. The van der Waals surface area contributed by atoms with Crippen molar-refractivity contribution in [2.75, 3.05) is 6.61 Å². The van der Waals surface area contributed by atoms with Crippen molar-refractivity contribution in [1.29, 1.82) is 0 Å². The largest absolute Gasteiger partial charge is 0.465 e. The molecule has 1 aromatic heterocycles. The number of rotatable bonds is 5. The first-order valence-electron chi connectivity index (χ1n) is 4.50. The molecule has 14 heavy (non-hydrogen) atoms. The first-order chi connectivity index (χ1) is 6.77. The van der Waals surface area contributed by atoms with Gasteiger partial charge < -0.3 is 9.15 Å². The number of ether oxygens (including phenoxy) is 1. The fraction of sp³-hybridized carbons (Fsp3) is 0.556. The molecular formula is C9H13NO3S. The van der Waals surface area contributed by atoms with Gasteiger partial charge in [0.2, 0.25) is 0 Å². The van der Waals surface area contributed by atoms with Crippen LogP contribution in [-0.2, 0) is 9.53 Å². The lowest BCUT2D eigenvalue weighted by atomic mass is 10.3. The molecule has 0 spiro atoms. The van der Waals surface area contributed by atoms with Crippen molar-refractivity contribution in [1.82, 2.24) is 4.98 Å². The average molecular weight is 215 g/mol. The highest BCUT2D eigenvalue weighted by molar-refractivity contribution is 8.00. The number of aromatic nitrogens is 1. The van der Waals surface area contributed by atoms with Gasteiger partial charge in [-0.1, -0.05) is 18.7 Å². The molecule has 1 heterocycles. The van der Waals surface area contributed by atoms with Crippen molar-refractivity contribution in [2.45, 2.75) is 30.7 Å². The topological polar surface area (TPSA) is 52.3 Å². The second-order valence-electron chi connectivity index (χ2n) is 2.56. The molecule has 0 N–H and O–H groups in total. The van der Waals surface area contributed by atoms with Crippen molar-refractivity contribution in [3.05, 3.63) is 12.5 Å². The molecule has 5 heteroatoms. The van der Waals surface area contributed by atoms with Gasteiger partial charge in [0.25, 0.3) is 5.22 Å². The quantitative estimate of drug-likeness (QED) is 0.556. The Morgan fingerprint density at radius 1 is 1.71 bits per heavy atom. The molecule has 0 aliphatic rings. The molecule has 0 bridgehead atoms. The highest BCUT2D eigenvalue weighted by Gasteiger charge is 2.20. The van der Waals surface area contributed by atoms with Crippen molar-refractivity contribution < 1.29 is 13.9 Å². The smallest absolute Gasteiger partial charge is 0.319 e. The van der Waals surface area contributed by atoms with Crippen LogP contribution in [0.25, 0.3) is 0 Å². The van der Waals surface area contributed by atoms with Gasteiger partial charge in [-0.15, -0.1) is 0 Å². The first kappa shape index (κ1) is 11.1. The Kier molecular flexibility index (Phi) is 4.52. The first-order valence-corrected chi connectivity index (χ1v) is 5.38. The molecule has 0 amide bonds. The second-order valence-corrected chi connectivity index (χ2v) is 3.72. The molecule has 0 aliphatic carbocycles. The lowest BCUT2D eigenvalue weighted by Crippen LogP contribution is -2.19. The normalized spacial score (nSPS) is 12.4. The Morgan fingerprint density at radius 2 is 2.50 bits per heavy atom. The average Bonchev–Trinajstić information content (AvgIpc) is 2.66. The van der Waals surface area contributed by atoms with E-state index in [1.165, 1.54) is 18.0 Å². The Morgan fingerprint density at radius 3 is 3.00 bits per heavy atom. The van der Waals surface area contributed by atoms with E-state index in [1.807, 2.05) is 6.92 Å². The summed E-state index contributed by atoms with van der Waals surface area (Å²) >= 11 is 1.29. The number of hydrogen-bond acceptors (Lipinski definition) is 5. The predicted octanol–water partition coefficient (Wildman–Crippen LogP) is 2.11. The standard InChI is InChI=1S/C9H13NO3S/c1-3-7(8(11)12-4-2)14-9-10-5-6-13-9/h5-7H,3-4H2,1-2H3. The van der Waals surface area contributed by atoms with Crippen LogP contribution in [0.3, 0.4) is 0 Å². The van der Waals surface area contributed by atoms with Crippen LogP contribution < -0.4 is 0 Å². The van der Waals surface area contributed by atoms with Crippen LogP contribution in [0.5, 0.6) is 0 Å². The molecule has 0 saturated carbocycles. The van der Waals surface area contributed by atoms with E-state index in [0.717, 1.165) is 0 Å². The zero-order valence-corrected chi connectivity index (χ0v) is 9.04. The van der Waals surface area contributed by atoms with Gasteiger partial charge in [0.1, 0.15) is 11.5 Å². The van der Waals surface area contributed by atoms with E-state index < -0.39 is 0 Å². The molecular weight excluding hydrogens is 202 g/mol. The fourth-order valence-electron chi connectivity index (χ4n) is 0.924. The molecule has 78 valence electrons. The lowest BCUT2D eigenvalue weighted by Gasteiger charge is -2.10. The minimum absolute atomic E-state index is 0.210. The zero-order valence-electron chi connectivity index (χ0n) is 8.23. The van der Waals surface area contributed by atoms with Crippen molar-refractivity contribution >= 4 is 17.7 Å². The van der Waals surface area contributed by atoms with E-state index in [1.54, 1.807) is 13.1 Å². The maximum atomic E-state index is 11.4. The molecule has 1 rings (SSSR count). The third-order valence-electron chi connectivity index (χ3n) is 1.57. The summed E-state index contributed by atoms with van der Waals surface area (Å²) in [7, 11) is 0. The third-order valence-corrected chi connectivity index (χ3v) is 2.79. The van der Waals surface area contributed by atoms with E-state index in [0.29, 0.717) is 18.3 Å². The predicted molar refractivity (Wildman–Crippen MR) is 53.1 cm³/mol. The van der Waals surface area contributed by atoms with Crippen LogP contribution in [0.1, 0.15) is 20.3 Å². The minimum atomic E-state index is -0.228. The van der Waals surface area contributed by atoms with Crippen molar-refractivity contribution in [2.24, 2.45) is 0 Å². The highest BCUT2D eigenvalue weighted by atomic mass is 32.2. The van der Waals surface area contributed by atoms with Crippen LogP contribution in [0, 0.1) is 0 Å². The summed E-state index contributed by atoms with van der Waals surface area (Å²) in [6.45, 7) is 4.12. The van der Waals surface area contributed by atoms with E-state index in [4.69, 9.17) is 9.15 Å². The number of thioether (sulfide) groups is 1. The van der Waals surface area contributed by atoms with Crippen LogP contribution in [0.4, 0.5) is 0 Å². The lowest BCUT2D eigenvalue weighted by molar-refractivity contribution is -0.142. The highest BCUT2D eigenvalue weighted by Crippen LogP contribution is 2.24. The van der Waals surface area contributed by atoms with E-state index >= 15 is 0 Å². The summed E-state index contributed by atoms with van der Waals surface area (Å²) < 4.78 is 9.95. The molecule has 1 unspecified atom stereocenters. The van der Waals surface area contributed by atoms with Gasteiger partial charge >= 0.3 is 5.97 Å². The van der Waals surface area contributed by atoms with Crippen LogP contribution in [0.15, 0.2) is 22.1 Å². The van der Waals surface area contributed by atoms with Crippen molar-refractivity contribution in [3.63, 3.8) is 0 Å². The maximum Gasteiger partial charge on any atom is 0.319 e. The Hall–Kier alpha value is -0.970. The van der Waals surface area contributed by atoms with E-state index in [9.17, 15) is 4.79 Å². The Bertz CT molecular complexity index is 274.